The highest BCUT2D eigenvalue weighted by molar-refractivity contribution is 7.80. The molecular formula is C9H8N4S. The molecule has 0 aliphatic heterocycles. The third-order valence-corrected chi connectivity index (χ3v) is 2.01. The second kappa shape index (κ2) is 3.55. The third kappa shape index (κ3) is 1.62. The van der Waals surface area contributed by atoms with Crippen molar-refractivity contribution in [2.24, 2.45) is 5.73 Å². The summed E-state index contributed by atoms with van der Waals surface area (Å²) in [6, 6.07) is 3.69. The quantitative estimate of drug-likeness (QED) is 0.738. The summed E-state index contributed by atoms with van der Waals surface area (Å²) >= 11 is 4.84. The van der Waals surface area contributed by atoms with Gasteiger partial charge in [-0.3, -0.25) is 4.98 Å². The molecule has 2 N–H and O–H groups in total. The highest BCUT2D eigenvalue weighted by atomic mass is 32.1. The van der Waals surface area contributed by atoms with Gasteiger partial charge in [-0.25, -0.2) is 4.98 Å². The first-order valence-electron chi connectivity index (χ1n) is 4.01. The molecular weight excluding hydrogens is 196 g/mol. The molecule has 0 spiro atoms. The van der Waals surface area contributed by atoms with Crippen LogP contribution in [0.5, 0.6) is 0 Å². The van der Waals surface area contributed by atoms with Crippen LogP contribution < -0.4 is 5.73 Å². The highest BCUT2D eigenvalue weighted by Gasteiger charge is 2.00. The lowest BCUT2D eigenvalue weighted by Crippen LogP contribution is -2.11. The molecule has 0 aliphatic rings. The van der Waals surface area contributed by atoms with Crippen LogP contribution in [0.1, 0.15) is 5.69 Å². The Bertz CT molecular complexity index is 450. The Morgan fingerprint density at radius 2 is 2.29 bits per heavy atom. The van der Waals surface area contributed by atoms with Gasteiger partial charge in [-0.2, -0.15) is 0 Å². The molecule has 0 saturated heterocycles. The molecule has 2 aromatic rings. The first-order valence-corrected chi connectivity index (χ1v) is 4.42. The van der Waals surface area contributed by atoms with Crippen LogP contribution in [-0.2, 0) is 0 Å². The van der Waals surface area contributed by atoms with Crippen molar-refractivity contribution < 1.29 is 0 Å². The Balaban J connectivity index is 2.46. The molecule has 5 heteroatoms. The van der Waals surface area contributed by atoms with E-state index in [0.717, 1.165) is 5.69 Å². The van der Waals surface area contributed by atoms with Gasteiger partial charge in [0.1, 0.15) is 4.99 Å². The molecule has 2 rings (SSSR count). The van der Waals surface area contributed by atoms with Crippen LogP contribution in [0.15, 0.2) is 37.1 Å². The summed E-state index contributed by atoms with van der Waals surface area (Å²) in [5.41, 5.74) is 7.04. The molecule has 0 amide bonds. The maximum absolute atomic E-state index is 5.48. The first-order chi connectivity index (χ1) is 6.77. The van der Waals surface area contributed by atoms with Gasteiger partial charge in [-0.1, -0.05) is 12.2 Å². The van der Waals surface area contributed by atoms with Crippen molar-refractivity contribution in [3.63, 3.8) is 0 Å². The van der Waals surface area contributed by atoms with Crippen LogP contribution in [0.4, 0.5) is 0 Å². The summed E-state index contributed by atoms with van der Waals surface area (Å²) in [4.78, 5) is 8.30. The zero-order valence-electron chi connectivity index (χ0n) is 7.29. The Morgan fingerprint density at radius 3 is 2.93 bits per heavy atom. The lowest BCUT2D eigenvalue weighted by molar-refractivity contribution is 1.04. The molecule has 2 aromatic heterocycles. The third-order valence-electron chi connectivity index (χ3n) is 1.80. The number of hydrogen-bond acceptors (Lipinski definition) is 3. The SMILES string of the molecule is NC(=S)c1cc(-n2ccnc2)ccn1. The summed E-state index contributed by atoms with van der Waals surface area (Å²) in [6.07, 6.45) is 6.93. The van der Waals surface area contributed by atoms with E-state index in [1.54, 1.807) is 18.7 Å². The molecule has 14 heavy (non-hydrogen) atoms. The van der Waals surface area contributed by atoms with Crippen LogP contribution in [0.2, 0.25) is 0 Å². The molecule has 0 fully saturated rings. The second-order valence-corrected chi connectivity index (χ2v) is 3.17. The van der Waals surface area contributed by atoms with Gasteiger partial charge in [0.05, 0.1) is 17.7 Å². The van der Waals surface area contributed by atoms with Crippen LogP contribution in [0, 0.1) is 0 Å². The summed E-state index contributed by atoms with van der Waals surface area (Å²) in [5, 5.41) is 0. The number of rotatable bonds is 2. The predicted octanol–water partition coefficient (Wildman–Crippen LogP) is 0.901. The van der Waals surface area contributed by atoms with E-state index < -0.39 is 0 Å². The lowest BCUT2D eigenvalue weighted by Gasteiger charge is -2.03. The number of aromatic nitrogens is 3. The number of nitrogens with two attached hydrogens (primary N) is 1. The van der Waals surface area contributed by atoms with E-state index in [9.17, 15) is 0 Å². The average Bonchev–Trinajstić information content (AvgIpc) is 2.71. The van der Waals surface area contributed by atoms with Crippen molar-refractivity contribution in [2.75, 3.05) is 0 Å². The van der Waals surface area contributed by atoms with Gasteiger partial charge in [-0.05, 0) is 12.1 Å². The van der Waals surface area contributed by atoms with Crippen molar-refractivity contribution in [2.45, 2.75) is 0 Å². The number of nitrogens with zero attached hydrogens (tertiary/aromatic N) is 3. The van der Waals surface area contributed by atoms with E-state index in [1.165, 1.54) is 0 Å². The van der Waals surface area contributed by atoms with Crippen molar-refractivity contribution >= 4 is 17.2 Å². The fourth-order valence-corrected chi connectivity index (χ4v) is 1.24. The van der Waals surface area contributed by atoms with Gasteiger partial charge in [0.2, 0.25) is 0 Å². The predicted molar refractivity (Wildman–Crippen MR) is 57.2 cm³/mol. The van der Waals surface area contributed by atoms with Crippen LogP contribution in [0.25, 0.3) is 5.69 Å². The number of imidazole rings is 1. The average molecular weight is 204 g/mol. The van der Waals surface area contributed by atoms with Gasteiger partial charge in [-0.15, -0.1) is 0 Å². The summed E-state index contributed by atoms with van der Waals surface area (Å²) in [5.74, 6) is 0. The molecule has 70 valence electrons. The molecule has 4 nitrogen and oxygen atoms in total. The van der Waals surface area contributed by atoms with E-state index in [0.29, 0.717) is 10.7 Å². The topological polar surface area (TPSA) is 56.7 Å². The van der Waals surface area contributed by atoms with E-state index in [1.807, 2.05) is 22.9 Å². The maximum atomic E-state index is 5.48. The lowest BCUT2D eigenvalue weighted by atomic mass is 10.3. The minimum atomic E-state index is 0.298. The number of pyridine rings is 1. The zero-order valence-corrected chi connectivity index (χ0v) is 8.11. The molecule has 0 unspecified atom stereocenters. The molecule has 0 aromatic carbocycles. The molecule has 0 aliphatic carbocycles. The normalized spacial score (nSPS) is 10.0. The van der Waals surface area contributed by atoms with Crippen LogP contribution in [-0.4, -0.2) is 19.5 Å². The van der Waals surface area contributed by atoms with Gasteiger partial charge in [0.25, 0.3) is 0 Å². The van der Waals surface area contributed by atoms with Gasteiger partial charge >= 0.3 is 0 Å². The number of thiocarbonyl (C=S) groups is 1. The minimum absolute atomic E-state index is 0.298. The fraction of sp³-hybridized carbons (Fsp3) is 0. The van der Waals surface area contributed by atoms with Crippen molar-refractivity contribution in [3.05, 3.63) is 42.7 Å². The second-order valence-electron chi connectivity index (χ2n) is 2.73. The Labute approximate surface area is 86.4 Å². The Morgan fingerprint density at radius 1 is 1.43 bits per heavy atom. The zero-order chi connectivity index (χ0) is 9.97. The first kappa shape index (κ1) is 8.83. The Kier molecular flexibility index (Phi) is 2.24. The maximum Gasteiger partial charge on any atom is 0.122 e. The number of hydrogen-bond donors (Lipinski definition) is 1. The van der Waals surface area contributed by atoms with Crippen molar-refractivity contribution in [3.8, 4) is 5.69 Å². The summed E-state index contributed by atoms with van der Waals surface area (Å²) in [6.45, 7) is 0. The summed E-state index contributed by atoms with van der Waals surface area (Å²) in [7, 11) is 0. The van der Waals surface area contributed by atoms with E-state index in [2.05, 4.69) is 9.97 Å². The molecule has 0 radical (unpaired) electrons. The van der Waals surface area contributed by atoms with Crippen LogP contribution in [0.3, 0.4) is 0 Å². The van der Waals surface area contributed by atoms with Gasteiger partial charge in [0, 0.05) is 18.6 Å². The Hall–Kier alpha value is -1.75. The molecule has 0 bridgehead atoms. The molecule has 0 saturated carbocycles. The monoisotopic (exact) mass is 204 g/mol. The summed E-state index contributed by atoms with van der Waals surface area (Å²) < 4.78 is 1.86. The van der Waals surface area contributed by atoms with Crippen molar-refractivity contribution in [1.82, 2.24) is 14.5 Å². The highest BCUT2D eigenvalue weighted by Crippen LogP contribution is 2.07. The molecule has 0 atom stereocenters. The standard InChI is InChI=1S/C9H8N4S/c10-9(14)8-5-7(1-2-12-8)13-4-3-11-6-13/h1-6H,(H2,10,14). The van der Waals surface area contributed by atoms with Gasteiger partial charge < -0.3 is 10.3 Å². The minimum Gasteiger partial charge on any atom is -0.388 e. The van der Waals surface area contributed by atoms with E-state index >= 15 is 0 Å². The smallest absolute Gasteiger partial charge is 0.122 e. The van der Waals surface area contributed by atoms with E-state index in [-0.39, 0.29) is 0 Å². The van der Waals surface area contributed by atoms with Gasteiger partial charge in [0.15, 0.2) is 0 Å². The fourth-order valence-electron chi connectivity index (χ4n) is 1.13. The largest absolute Gasteiger partial charge is 0.388 e. The molecule has 2 heterocycles. The van der Waals surface area contributed by atoms with E-state index in [4.69, 9.17) is 18.0 Å². The van der Waals surface area contributed by atoms with Crippen LogP contribution >= 0.6 is 12.2 Å². The van der Waals surface area contributed by atoms with Crippen molar-refractivity contribution in [1.29, 1.82) is 0 Å².